The number of aromatic nitrogens is 2. The van der Waals surface area contributed by atoms with E-state index in [0.717, 1.165) is 5.69 Å². The molecule has 0 spiro atoms. The third-order valence-electron chi connectivity index (χ3n) is 2.22. The lowest BCUT2D eigenvalue weighted by atomic mass is 10.2. The SMILES string of the molecule is c1n[nH]cc1NC1CCCC1. The molecule has 60 valence electrons. The van der Waals surface area contributed by atoms with Gasteiger partial charge in [-0.2, -0.15) is 5.10 Å². The summed E-state index contributed by atoms with van der Waals surface area (Å²) in [6, 6.07) is 0.688. The van der Waals surface area contributed by atoms with Gasteiger partial charge in [0.2, 0.25) is 0 Å². The molecule has 0 aromatic carbocycles. The number of H-pyrrole nitrogens is 1. The van der Waals surface area contributed by atoms with Crippen molar-refractivity contribution in [1.29, 1.82) is 0 Å². The highest BCUT2D eigenvalue weighted by Crippen LogP contribution is 2.21. The van der Waals surface area contributed by atoms with Crippen molar-refractivity contribution in [1.82, 2.24) is 10.2 Å². The maximum absolute atomic E-state index is 3.88. The largest absolute Gasteiger partial charge is 0.380 e. The lowest BCUT2D eigenvalue weighted by Gasteiger charge is -2.09. The number of aromatic amines is 1. The Hall–Kier alpha value is -0.990. The molecule has 2 rings (SSSR count). The Morgan fingerprint density at radius 2 is 2.27 bits per heavy atom. The first-order chi connectivity index (χ1) is 5.45. The van der Waals surface area contributed by atoms with Gasteiger partial charge in [-0.25, -0.2) is 0 Å². The summed E-state index contributed by atoms with van der Waals surface area (Å²) in [5, 5.41) is 10.1. The minimum Gasteiger partial charge on any atom is -0.380 e. The lowest BCUT2D eigenvalue weighted by Crippen LogP contribution is -2.13. The van der Waals surface area contributed by atoms with E-state index in [1.165, 1.54) is 25.7 Å². The zero-order chi connectivity index (χ0) is 7.52. The number of nitrogens with one attached hydrogen (secondary N) is 2. The molecular weight excluding hydrogens is 138 g/mol. The minimum atomic E-state index is 0.688. The Balaban J connectivity index is 1.90. The molecule has 1 aromatic heterocycles. The predicted molar refractivity (Wildman–Crippen MR) is 44.5 cm³/mol. The summed E-state index contributed by atoms with van der Waals surface area (Å²) in [6.45, 7) is 0. The van der Waals surface area contributed by atoms with E-state index in [2.05, 4.69) is 15.5 Å². The van der Waals surface area contributed by atoms with Crippen molar-refractivity contribution in [3.63, 3.8) is 0 Å². The predicted octanol–water partition coefficient (Wildman–Crippen LogP) is 1.76. The fraction of sp³-hybridized carbons (Fsp3) is 0.625. The van der Waals surface area contributed by atoms with Crippen LogP contribution in [0.4, 0.5) is 5.69 Å². The van der Waals surface area contributed by atoms with Gasteiger partial charge in [-0.1, -0.05) is 12.8 Å². The maximum atomic E-state index is 3.88. The molecule has 3 nitrogen and oxygen atoms in total. The molecule has 0 saturated heterocycles. The fourth-order valence-electron chi connectivity index (χ4n) is 1.64. The van der Waals surface area contributed by atoms with Crippen LogP contribution in [0.3, 0.4) is 0 Å². The lowest BCUT2D eigenvalue weighted by molar-refractivity contribution is 0.756. The van der Waals surface area contributed by atoms with Crippen molar-refractivity contribution in [2.75, 3.05) is 5.32 Å². The van der Waals surface area contributed by atoms with Crippen LogP contribution >= 0.6 is 0 Å². The summed E-state index contributed by atoms with van der Waals surface area (Å²) >= 11 is 0. The number of anilines is 1. The second-order valence-electron chi connectivity index (χ2n) is 3.11. The van der Waals surface area contributed by atoms with E-state index < -0.39 is 0 Å². The molecule has 0 atom stereocenters. The van der Waals surface area contributed by atoms with Gasteiger partial charge in [-0.05, 0) is 12.8 Å². The Morgan fingerprint density at radius 1 is 1.45 bits per heavy atom. The molecule has 1 heterocycles. The van der Waals surface area contributed by atoms with E-state index in [-0.39, 0.29) is 0 Å². The first kappa shape index (κ1) is 6.70. The average Bonchev–Trinajstić information content (AvgIpc) is 2.60. The van der Waals surface area contributed by atoms with Gasteiger partial charge in [0, 0.05) is 12.2 Å². The standard InChI is InChI=1S/C8H13N3/c1-2-4-7(3-1)11-8-5-9-10-6-8/h5-7,11H,1-4H2,(H,9,10). The van der Waals surface area contributed by atoms with Crippen molar-refractivity contribution < 1.29 is 0 Å². The second kappa shape index (κ2) is 2.95. The molecule has 1 aromatic rings. The molecular formula is C8H13N3. The summed E-state index contributed by atoms with van der Waals surface area (Å²) in [7, 11) is 0. The molecule has 0 bridgehead atoms. The molecule has 0 unspecified atom stereocenters. The Labute approximate surface area is 66.2 Å². The van der Waals surface area contributed by atoms with Gasteiger partial charge in [0.1, 0.15) is 0 Å². The highest BCUT2D eigenvalue weighted by atomic mass is 15.1. The topological polar surface area (TPSA) is 40.7 Å². The molecule has 0 aliphatic heterocycles. The summed E-state index contributed by atoms with van der Waals surface area (Å²) < 4.78 is 0. The van der Waals surface area contributed by atoms with Crippen LogP contribution in [0.25, 0.3) is 0 Å². The zero-order valence-electron chi connectivity index (χ0n) is 6.51. The van der Waals surface area contributed by atoms with Crippen LogP contribution in [-0.4, -0.2) is 16.2 Å². The van der Waals surface area contributed by atoms with Crippen LogP contribution < -0.4 is 5.32 Å². The zero-order valence-corrected chi connectivity index (χ0v) is 6.51. The Bertz CT molecular complexity index is 199. The third kappa shape index (κ3) is 1.53. The monoisotopic (exact) mass is 151 g/mol. The molecule has 0 radical (unpaired) electrons. The van der Waals surface area contributed by atoms with Crippen LogP contribution in [0.5, 0.6) is 0 Å². The van der Waals surface area contributed by atoms with Gasteiger partial charge in [0.25, 0.3) is 0 Å². The molecule has 0 amide bonds. The summed E-state index contributed by atoms with van der Waals surface area (Å²) in [5.41, 5.74) is 1.12. The van der Waals surface area contributed by atoms with Gasteiger partial charge in [0.05, 0.1) is 11.9 Å². The summed E-state index contributed by atoms with van der Waals surface area (Å²) in [4.78, 5) is 0. The number of hydrogen-bond acceptors (Lipinski definition) is 2. The van der Waals surface area contributed by atoms with Gasteiger partial charge in [-0.15, -0.1) is 0 Å². The molecule has 1 fully saturated rings. The van der Waals surface area contributed by atoms with Crippen molar-refractivity contribution in [2.45, 2.75) is 31.7 Å². The van der Waals surface area contributed by atoms with E-state index >= 15 is 0 Å². The molecule has 3 heteroatoms. The van der Waals surface area contributed by atoms with Gasteiger partial charge in [-0.3, -0.25) is 5.10 Å². The Morgan fingerprint density at radius 3 is 2.91 bits per heavy atom. The molecule has 1 saturated carbocycles. The van der Waals surface area contributed by atoms with Crippen LogP contribution in [0.15, 0.2) is 12.4 Å². The van der Waals surface area contributed by atoms with Crippen LogP contribution in [0, 0.1) is 0 Å². The third-order valence-corrected chi connectivity index (χ3v) is 2.22. The van der Waals surface area contributed by atoms with Crippen LogP contribution in [-0.2, 0) is 0 Å². The molecule has 2 N–H and O–H groups in total. The van der Waals surface area contributed by atoms with E-state index in [1.54, 1.807) is 0 Å². The average molecular weight is 151 g/mol. The van der Waals surface area contributed by atoms with Gasteiger partial charge < -0.3 is 5.32 Å². The Kier molecular flexibility index (Phi) is 1.79. The quantitative estimate of drug-likeness (QED) is 0.676. The molecule has 1 aliphatic carbocycles. The van der Waals surface area contributed by atoms with E-state index in [4.69, 9.17) is 0 Å². The van der Waals surface area contributed by atoms with Gasteiger partial charge in [0.15, 0.2) is 0 Å². The molecule has 11 heavy (non-hydrogen) atoms. The van der Waals surface area contributed by atoms with Crippen LogP contribution in [0.2, 0.25) is 0 Å². The fourth-order valence-corrected chi connectivity index (χ4v) is 1.64. The van der Waals surface area contributed by atoms with E-state index in [0.29, 0.717) is 6.04 Å². The highest BCUT2D eigenvalue weighted by Gasteiger charge is 2.14. The summed E-state index contributed by atoms with van der Waals surface area (Å²) in [6.07, 6.45) is 9.10. The van der Waals surface area contributed by atoms with Gasteiger partial charge >= 0.3 is 0 Å². The summed E-state index contributed by atoms with van der Waals surface area (Å²) in [5.74, 6) is 0. The van der Waals surface area contributed by atoms with Crippen molar-refractivity contribution in [2.24, 2.45) is 0 Å². The van der Waals surface area contributed by atoms with Crippen LogP contribution in [0.1, 0.15) is 25.7 Å². The second-order valence-corrected chi connectivity index (χ2v) is 3.11. The molecule has 1 aliphatic rings. The minimum absolute atomic E-state index is 0.688. The first-order valence-corrected chi connectivity index (χ1v) is 4.20. The van der Waals surface area contributed by atoms with Crippen molar-refractivity contribution >= 4 is 5.69 Å². The van der Waals surface area contributed by atoms with E-state index in [9.17, 15) is 0 Å². The number of rotatable bonds is 2. The smallest absolute Gasteiger partial charge is 0.0725 e. The maximum Gasteiger partial charge on any atom is 0.0725 e. The van der Waals surface area contributed by atoms with Crippen molar-refractivity contribution in [3.8, 4) is 0 Å². The normalized spacial score (nSPS) is 18.9. The first-order valence-electron chi connectivity index (χ1n) is 4.20. The number of nitrogens with zero attached hydrogens (tertiary/aromatic N) is 1. The van der Waals surface area contributed by atoms with Crippen molar-refractivity contribution in [3.05, 3.63) is 12.4 Å². The van der Waals surface area contributed by atoms with E-state index in [1.807, 2.05) is 12.4 Å². The number of hydrogen-bond donors (Lipinski definition) is 2. The highest BCUT2D eigenvalue weighted by molar-refractivity contribution is 5.38.